The lowest BCUT2D eigenvalue weighted by atomic mass is 9.79. The molecule has 0 aromatic heterocycles. The smallest absolute Gasteiger partial charge is 0.122 e. The van der Waals surface area contributed by atoms with Crippen molar-refractivity contribution in [3.8, 4) is 28.7 Å². The molecule has 5 nitrogen and oxygen atoms in total. The summed E-state index contributed by atoms with van der Waals surface area (Å²) in [6, 6.07) is 24.7. The molecule has 5 aromatic carbocycles. The van der Waals surface area contributed by atoms with Crippen molar-refractivity contribution in [2.24, 2.45) is 0 Å². The monoisotopic (exact) mass is 656 g/mol. The maximum Gasteiger partial charge on any atom is 0.122 e. The van der Waals surface area contributed by atoms with E-state index in [1.165, 1.54) is 24.8 Å². The highest BCUT2D eigenvalue weighted by Crippen LogP contribution is 2.43. The molecule has 5 N–H and O–H groups in total. The van der Waals surface area contributed by atoms with Gasteiger partial charge in [-0.15, -0.1) is 0 Å². The highest BCUT2D eigenvalue weighted by Gasteiger charge is 2.25. The Morgan fingerprint density at radius 2 is 0.959 bits per heavy atom. The standard InChI is InChI=1S/C44H48O5/c1-4-39-34(22-31-18-27(2)42(47)35(23-31)20-29-10-14-37(45)15-11-29)26-40(33-8-6-5-7-9-33)44(49)41(39)25-32-19-28(3)43(48)36(24-32)21-30-12-16-38(46)17-13-30/h10-19,23-24,26,33,45-49H,4-9,20-22,25H2,1-3H3. The predicted molar refractivity (Wildman–Crippen MR) is 196 cm³/mol. The summed E-state index contributed by atoms with van der Waals surface area (Å²) < 4.78 is 0. The van der Waals surface area contributed by atoms with Crippen molar-refractivity contribution in [3.05, 3.63) is 146 Å². The number of hydrogen-bond acceptors (Lipinski definition) is 5. The maximum absolute atomic E-state index is 12.0. The lowest BCUT2D eigenvalue weighted by Crippen LogP contribution is -2.10. The van der Waals surface area contributed by atoms with E-state index < -0.39 is 0 Å². The zero-order chi connectivity index (χ0) is 34.7. The third kappa shape index (κ3) is 7.72. The second kappa shape index (κ2) is 14.7. The summed E-state index contributed by atoms with van der Waals surface area (Å²) in [5, 5.41) is 53.6. The molecule has 254 valence electrons. The van der Waals surface area contributed by atoms with Crippen molar-refractivity contribution >= 4 is 0 Å². The third-order valence-electron chi connectivity index (χ3n) is 10.4. The number of hydrogen-bond donors (Lipinski definition) is 5. The lowest BCUT2D eigenvalue weighted by Gasteiger charge is -2.27. The van der Waals surface area contributed by atoms with Crippen LogP contribution in [0.4, 0.5) is 0 Å². The third-order valence-corrected chi connectivity index (χ3v) is 10.4. The first kappa shape index (κ1) is 34.0. The largest absolute Gasteiger partial charge is 0.508 e. The van der Waals surface area contributed by atoms with Crippen LogP contribution in [0, 0.1) is 13.8 Å². The van der Waals surface area contributed by atoms with Crippen LogP contribution in [0.3, 0.4) is 0 Å². The molecule has 0 radical (unpaired) electrons. The highest BCUT2D eigenvalue weighted by atomic mass is 16.3. The van der Waals surface area contributed by atoms with Gasteiger partial charge >= 0.3 is 0 Å². The summed E-state index contributed by atoms with van der Waals surface area (Å²) in [7, 11) is 0. The Morgan fingerprint density at radius 3 is 1.45 bits per heavy atom. The molecule has 1 saturated carbocycles. The molecule has 5 heteroatoms. The number of benzene rings is 5. The molecule has 0 amide bonds. The number of aromatic hydroxyl groups is 5. The SMILES string of the molecule is CCc1c(Cc2cc(C)c(O)c(Cc3ccc(O)cc3)c2)cc(C2CCCCC2)c(O)c1Cc1cc(C)c(O)c(Cc2ccc(O)cc2)c1. The zero-order valence-electron chi connectivity index (χ0n) is 28.9. The Morgan fingerprint density at radius 1 is 0.490 bits per heavy atom. The number of phenols is 5. The van der Waals surface area contributed by atoms with Gasteiger partial charge in [-0.1, -0.05) is 80.8 Å². The molecule has 0 atom stereocenters. The van der Waals surface area contributed by atoms with Gasteiger partial charge in [-0.2, -0.15) is 0 Å². The first-order valence-electron chi connectivity index (χ1n) is 17.6. The molecule has 5 aromatic rings. The van der Waals surface area contributed by atoms with Crippen LogP contribution >= 0.6 is 0 Å². The van der Waals surface area contributed by atoms with Crippen LogP contribution < -0.4 is 0 Å². The van der Waals surface area contributed by atoms with Crippen LogP contribution in [0.25, 0.3) is 0 Å². The minimum absolute atomic E-state index is 0.213. The molecule has 1 aliphatic carbocycles. The van der Waals surface area contributed by atoms with E-state index in [2.05, 4.69) is 31.2 Å². The van der Waals surface area contributed by atoms with Crippen LogP contribution in [0.5, 0.6) is 28.7 Å². The van der Waals surface area contributed by atoms with Crippen molar-refractivity contribution in [1.82, 2.24) is 0 Å². The zero-order valence-corrected chi connectivity index (χ0v) is 28.9. The molecule has 0 saturated heterocycles. The number of phenolic OH excluding ortho intramolecular Hbond substituents is 5. The van der Waals surface area contributed by atoms with Crippen LogP contribution in [0.15, 0.2) is 78.9 Å². The Labute approximate surface area is 290 Å². The molecule has 0 unspecified atom stereocenters. The van der Waals surface area contributed by atoms with E-state index in [4.69, 9.17) is 0 Å². The minimum Gasteiger partial charge on any atom is -0.508 e. The van der Waals surface area contributed by atoms with Gasteiger partial charge < -0.3 is 25.5 Å². The van der Waals surface area contributed by atoms with Crippen molar-refractivity contribution in [2.75, 3.05) is 0 Å². The minimum atomic E-state index is 0.213. The van der Waals surface area contributed by atoms with Crippen LogP contribution in [0.2, 0.25) is 0 Å². The van der Waals surface area contributed by atoms with E-state index >= 15 is 0 Å². The summed E-state index contributed by atoms with van der Waals surface area (Å²) >= 11 is 0. The van der Waals surface area contributed by atoms with Gasteiger partial charge in [-0.3, -0.25) is 0 Å². The molecular weight excluding hydrogens is 608 g/mol. The molecular formula is C44H48O5. The lowest BCUT2D eigenvalue weighted by molar-refractivity contribution is 0.411. The number of aryl methyl sites for hydroxylation is 2. The molecule has 0 heterocycles. The molecule has 0 spiro atoms. The van der Waals surface area contributed by atoms with Gasteiger partial charge in [0.1, 0.15) is 28.7 Å². The average Bonchev–Trinajstić information content (AvgIpc) is 3.09. The fourth-order valence-corrected chi connectivity index (χ4v) is 7.80. The summed E-state index contributed by atoms with van der Waals surface area (Å²) in [6.07, 6.45) is 8.79. The summed E-state index contributed by atoms with van der Waals surface area (Å²) in [5.74, 6) is 1.73. The average molecular weight is 657 g/mol. The van der Waals surface area contributed by atoms with E-state index in [1.54, 1.807) is 24.3 Å². The molecule has 0 bridgehead atoms. The molecule has 1 fully saturated rings. The van der Waals surface area contributed by atoms with Gasteiger partial charge in [0.25, 0.3) is 0 Å². The van der Waals surface area contributed by atoms with Crippen LogP contribution in [0.1, 0.15) is 112 Å². The number of rotatable bonds is 10. The second-order valence-electron chi connectivity index (χ2n) is 14.0. The molecule has 0 aliphatic heterocycles. The van der Waals surface area contributed by atoms with Gasteiger partial charge in [0.05, 0.1) is 0 Å². The van der Waals surface area contributed by atoms with E-state index in [9.17, 15) is 25.5 Å². The first-order valence-corrected chi connectivity index (χ1v) is 17.6. The first-order chi connectivity index (χ1) is 23.6. The van der Waals surface area contributed by atoms with Gasteiger partial charge in [-0.05, 0) is 131 Å². The predicted octanol–water partition coefficient (Wildman–Crippen LogP) is 9.80. The van der Waals surface area contributed by atoms with Crippen LogP contribution in [-0.2, 0) is 32.1 Å². The Kier molecular flexibility index (Phi) is 10.2. The Balaban J connectivity index is 1.40. The maximum atomic E-state index is 12.0. The molecule has 6 rings (SSSR count). The highest BCUT2D eigenvalue weighted by molar-refractivity contribution is 5.56. The van der Waals surface area contributed by atoms with E-state index in [0.717, 1.165) is 80.5 Å². The normalized spacial score (nSPS) is 13.5. The molecule has 49 heavy (non-hydrogen) atoms. The summed E-state index contributed by atoms with van der Waals surface area (Å²) in [5.41, 5.74) is 11.8. The van der Waals surface area contributed by atoms with E-state index in [-0.39, 0.29) is 17.2 Å². The quantitative estimate of drug-likeness (QED) is 0.103. The van der Waals surface area contributed by atoms with Gasteiger partial charge in [0.2, 0.25) is 0 Å². The topological polar surface area (TPSA) is 101 Å². The van der Waals surface area contributed by atoms with Crippen molar-refractivity contribution in [2.45, 2.75) is 90.9 Å². The van der Waals surface area contributed by atoms with E-state index in [0.29, 0.717) is 43.1 Å². The van der Waals surface area contributed by atoms with Crippen molar-refractivity contribution < 1.29 is 25.5 Å². The van der Waals surface area contributed by atoms with Crippen molar-refractivity contribution in [1.29, 1.82) is 0 Å². The molecule has 1 aliphatic rings. The fraction of sp³-hybridized carbons (Fsp3) is 0.318. The van der Waals surface area contributed by atoms with Gasteiger partial charge in [0, 0.05) is 24.8 Å². The van der Waals surface area contributed by atoms with Gasteiger partial charge in [-0.25, -0.2) is 0 Å². The van der Waals surface area contributed by atoms with Gasteiger partial charge in [0.15, 0.2) is 0 Å². The Bertz CT molecular complexity index is 1930. The second-order valence-corrected chi connectivity index (χ2v) is 14.0. The summed E-state index contributed by atoms with van der Waals surface area (Å²) in [6.45, 7) is 6.02. The fourth-order valence-electron chi connectivity index (χ4n) is 7.80. The van der Waals surface area contributed by atoms with E-state index in [1.807, 2.05) is 44.2 Å². The Hall–Kier alpha value is -4.90. The van der Waals surface area contributed by atoms with Crippen molar-refractivity contribution in [3.63, 3.8) is 0 Å². The summed E-state index contributed by atoms with van der Waals surface area (Å²) in [4.78, 5) is 0. The van der Waals surface area contributed by atoms with Crippen LogP contribution in [-0.4, -0.2) is 25.5 Å².